The van der Waals surface area contributed by atoms with Gasteiger partial charge in [0.15, 0.2) is 0 Å². The highest BCUT2D eigenvalue weighted by Crippen LogP contribution is 2.25. The lowest BCUT2D eigenvalue weighted by Gasteiger charge is -2.06. The summed E-state index contributed by atoms with van der Waals surface area (Å²) in [6.07, 6.45) is 8.14. The van der Waals surface area contributed by atoms with Gasteiger partial charge < -0.3 is 4.52 Å². The van der Waals surface area contributed by atoms with Crippen molar-refractivity contribution < 1.29 is 4.52 Å². The van der Waals surface area contributed by atoms with E-state index in [9.17, 15) is 0 Å². The van der Waals surface area contributed by atoms with Crippen LogP contribution in [0.5, 0.6) is 0 Å². The van der Waals surface area contributed by atoms with Gasteiger partial charge in [-0.2, -0.15) is 0 Å². The van der Waals surface area contributed by atoms with Crippen LogP contribution < -0.4 is 0 Å². The second-order valence-corrected chi connectivity index (χ2v) is 5.30. The quantitative estimate of drug-likeness (QED) is 0.415. The first-order valence-corrected chi connectivity index (χ1v) is 7.23. The van der Waals surface area contributed by atoms with E-state index in [0.29, 0.717) is 0 Å². The molecule has 0 fully saturated rings. The van der Waals surface area contributed by atoms with Crippen molar-refractivity contribution in [2.45, 2.75) is 45.4 Å². The van der Waals surface area contributed by atoms with Crippen molar-refractivity contribution in [3.63, 3.8) is 0 Å². The predicted octanol–water partition coefficient (Wildman–Crippen LogP) is 4.02. The van der Waals surface area contributed by atoms with Crippen LogP contribution in [0.1, 0.15) is 45.4 Å². The van der Waals surface area contributed by atoms with E-state index in [1.807, 2.05) is 0 Å². The smallest absolute Gasteiger partial charge is 0.0508 e. The van der Waals surface area contributed by atoms with Gasteiger partial charge in [0, 0.05) is 8.15 Å². The van der Waals surface area contributed by atoms with Crippen molar-refractivity contribution in [3.05, 3.63) is 0 Å². The SMILES string of the molecule is CCCCCCCCOP(C)C. The molecule has 12 heavy (non-hydrogen) atoms. The van der Waals surface area contributed by atoms with Crippen LogP contribution in [0.4, 0.5) is 0 Å². The molecule has 0 aromatic heterocycles. The zero-order valence-electron chi connectivity index (χ0n) is 8.81. The fraction of sp³-hybridized carbons (Fsp3) is 1.00. The summed E-state index contributed by atoms with van der Waals surface area (Å²) < 4.78 is 5.51. The molecule has 0 aliphatic rings. The van der Waals surface area contributed by atoms with Crippen molar-refractivity contribution in [2.75, 3.05) is 19.9 Å². The van der Waals surface area contributed by atoms with Crippen LogP contribution in [-0.2, 0) is 4.52 Å². The highest BCUT2D eigenvalue weighted by molar-refractivity contribution is 7.50. The van der Waals surface area contributed by atoms with Crippen LogP contribution in [0, 0.1) is 0 Å². The van der Waals surface area contributed by atoms with Gasteiger partial charge in [0.25, 0.3) is 0 Å². The monoisotopic (exact) mass is 190 g/mol. The normalized spacial score (nSPS) is 11.0. The van der Waals surface area contributed by atoms with E-state index in [1.165, 1.54) is 38.5 Å². The molecule has 0 saturated heterocycles. The van der Waals surface area contributed by atoms with E-state index >= 15 is 0 Å². The van der Waals surface area contributed by atoms with Gasteiger partial charge >= 0.3 is 0 Å². The summed E-state index contributed by atoms with van der Waals surface area (Å²) in [7, 11) is -0.128. The minimum atomic E-state index is -0.128. The van der Waals surface area contributed by atoms with E-state index in [0.717, 1.165) is 6.61 Å². The Morgan fingerprint density at radius 2 is 1.50 bits per heavy atom. The van der Waals surface area contributed by atoms with Crippen molar-refractivity contribution in [2.24, 2.45) is 0 Å². The zero-order chi connectivity index (χ0) is 9.23. The van der Waals surface area contributed by atoms with Gasteiger partial charge in [-0.15, -0.1) is 0 Å². The van der Waals surface area contributed by atoms with Gasteiger partial charge in [0.05, 0.1) is 6.61 Å². The van der Waals surface area contributed by atoms with Gasteiger partial charge in [0.1, 0.15) is 0 Å². The average molecular weight is 190 g/mol. The van der Waals surface area contributed by atoms with Gasteiger partial charge in [-0.25, -0.2) is 0 Å². The Labute approximate surface area is 78.7 Å². The second-order valence-electron chi connectivity index (χ2n) is 3.41. The lowest BCUT2D eigenvalue weighted by molar-refractivity contribution is 0.339. The molecule has 2 heteroatoms. The highest BCUT2D eigenvalue weighted by Gasteiger charge is 1.93. The Balaban J connectivity index is 2.82. The van der Waals surface area contributed by atoms with Crippen LogP contribution in [0.3, 0.4) is 0 Å². The lowest BCUT2D eigenvalue weighted by atomic mass is 10.1. The summed E-state index contributed by atoms with van der Waals surface area (Å²) in [6.45, 7) is 7.55. The van der Waals surface area contributed by atoms with E-state index in [4.69, 9.17) is 4.52 Å². The first kappa shape index (κ1) is 12.4. The van der Waals surface area contributed by atoms with E-state index < -0.39 is 0 Å². The molecule has 0 unspecified atom stereocenters. The highest BCUT2D eigenvalue weighted by atomic mass is 31.1. The molecule has 0 atom stereocenters. The minimum Gasteiger partial charge on any atom is -0.360 e. The molecule has 0 aromatic carbocycles. The Kier molecular flexibility index (Phi) is 9.79. The molecule has 0 aromatic rings. The summed E-state index contributed by atoms with van der Waals surface area (Å²) in [6, 6.07) is 0. The zero-order valence-corrected chi connectivity index (χ0v) is 9.70. The maximum atomic E-state index is 5.51. The molecule has 0 heterocycles. The molecule has 0 radical (unpaired) electrons. The Hall–Kier alpha value is 0.390. The van der Waals surface area contributed by atoms with Gasteiger partial charge in [-0.05, 0) is 19.8 Å². The van der Waals surface area contributed by atoms with Crippen LogP contribution in [-0.4, -0.2) is 19.9 Å². The Morgan fingerprint density at radius 1 is 0.917 bits per heavy atom. The van der Waals surface area contributed by atoms with Crippen molar-refractivity contribution >= 4 is 8.15 Å². The molecule has 0 aliphatic carbocycles. The summed E-state index contributed by atoms with van der Waals surface area (Å²) in [4.78, 5) is 0. The number of unbranched alkanes of at least 4 members (excludes halogenated alkanes) is 5. The predicted molar refractivity (Wildman–Crippen MR) is 58.1 cm³/mol. The lowest BCUT2D eigenvalue weighted by Crippen LogP contribution is -1.88. The molecular formula is C10H23OP. The molecule has 0 N–H and O–H groups in total. The van der Waals surface area contributed by atoms with Crippen molar-refractivity contribution in [1.29, 1.82) is 0 Å². The van der Waals surface area contributed by atoms with Crippen LogP contribution in [0.15, 0.2) is 0 Å². The van der Waals surface area contributed by atoms with E-state index in [-0.39, 0.29) is 8.15 Å². The standard InChI is InChI=1S/C10H23OP/c1-4-5-6-7-8-9-10-11-12(2)3/h4-10H2,1-3H3. The molecular weight excluding hydrogens is 167 g/mol. The second kappa shape index (κ2) is 9.48. The van der Waals surface area contributed by atoms with E-state index in [2.05, 4.69) is 20.3 Å². The molecule has 0 aliphatic heterocycles. The van der Waals surface area contributed by atoms with Gasteiger partial charge in [0.2, 0.25) is 0 Å². The maximum Gasteiger partial charge on any atom is 0.0508 e. The third-order valence-corrected chi connectivity index (χ3v) is 2.55. The topological polar surface area (TPSA) is 9.23 Å². The minimum absolute atomic E-state index is 0.128. The van der Waals surface area contributed by atoms with Gasteiger partial charge in [-0.3, -0.25) is 0 Å². The van der Waals surface area contributed by atoms with E-state index in [1.54, 1.807) is 0 Å². The Bertz CT molecular complexity index is 83.9. The maximum absolute atomic E-state index is 5.51. The summed E-state index contributed by atoms with van der Waals surface area (Å²) in [5.41, 5.74) is 0. The van der Waals surface area contributed by atoms with Crippen LogP contribution >= 0.6 is 8.15 Å². The third-order valence-electron chi connectivity index (χ3n) is 1.85. The summed E-state index contributed by atoms with van der Waals surface area (Å²) in [5, 5.41) is 0. The molecule has 0 rings (SSSR count). The van der Waals surface area contributed by atoms with Gasteiger partial charge in [-0.1, -0.05) is 39.0 Å². The summed E-state index contributed by atoms with van der Waals surface area (Å²) in [5.74, 6) is 0. The van der Waals surface area contributed by atoms with Crippen LogP contribution in [0.25, 0.3) is 0 Å². The van der Waals surface area contributed by atoms with Crippen molar-refractivity contribution in [3.8, 4) is 0 Å². The largest absolute Gasteiger partial charge is 0.360 e. The number of hydrogen-bond donors (Lipinski definition) is 0. The van der Waals surface area contributed by atoms with Crippen LogP contribution in [0.2, 0.25) is 0 Å². The fourth-order valence-electron chi connectivity index (χ4n) is 1.13. The number of hydrogen-bond acceptors (Lipinski definition) is 1. The first-order valence-electron chi connectivity index (χ1n) is 5.07. The third kappa shape index (κ3) is 10.4. The van der Waals surface area contributed by atoms with Crippen molar-refractivity contribution in [1.82, 2.24) is 0 Å². The average Bonchev–Trinajstić information content (AvgIpc) is 2.02. The Morgan fingerprint density at radius 3 is 2.08 bits per heavy atom. The first-order chi connectivity index (χ1) is 5.77. The molecule has 74 valence electrons. The molecule has 0 amide bonds. The molecule has 0 spiro atoms. The fourth-order valence-corrected chi connectivity index (χ4v) is 1.62. The summed E-state index contributed by atoms with van der Waals surface area (Å²) >= 11 is 0. The number of rotatable bonds is 8. The molecule has 1 nitrogen and oxygen atoms in total. The molecule has 0 bridgehead atoms. The molecule has 0 saturated carbocycles.